The number of carbonyl (C=O) groups is 4. The van der Waals surface area contributed by atoms with Crippen LogP contribution in [0.5, 0.6) is 0 Å². The maximum absolute atomic E-state index is 13.9. The number of benzene rings is 3. The number of nitro benzene ring substituents is 1. The van der Waals surface area contributed by atoms with Gasteiger partial charge in [0.05, 0.1) is 16.2 Å². The largest absolute Gasteiger partial charge is 0.351 e. The number of rotatable bonds is 10. The van der Waals surface area contributed by atoms with Crippen LogP contribution in [-0.2, 0) is 0 Å². The Morgan fingerprint density at radius 2 is 1.65 bits per heavy atom. The Morgan fingerprint density at radius 1 is 0.930 bits per heavy atom. The quantitative estimate of drug-likeness (QED) is 0.138. The third kappa shape index (κ3) is 5.95. The number of nitrogens with two attached hydrogens (primary N) is 1. The van der Waals surface area contributed by atoms with E-state index in [-0.39, 0.29) is 46.1 Å². The van der Waals surface area contributed by atoms with Gasteiger partial charge < -0.3 is 26.2 Å². The molecule has 43 heavy (non-hydrogen) atoms. The molecule has 0 bridgehead atoms. The molecule has 0 aliphatic carbocycles. The number of piperazine rings is 1. The van der Waals surface area contributed by atoms with E-state index in [9.17, 15) is 29.3 Å². The highest BCUT2D eigenvalue weighted by atomic mass is 16.6. The normalized spacial score (nSPS) is 15.2. The van der Waals surface area contributed by atoms with Gasteiger partial charge in [-0.15, -0.1) is 0 Å². The molecule has 0 atom stereocenters. The monoisotopic (exact) mass is 587 g/mol. The topological polar surface area (TPSA) is 171 Å². The molecule has 13 heteroatoms. The summed E-state index contributed by atoms with van der Waals surface area (Å²) in [7, 11) is 0. The summed E-state index contributed by atoms with van der Waals surface area (Å²) >= 11 is 0. The molecule has 5 rings (SSSR count). The number of anilines is 1. The molecule has 2 aliphatic heterocycles. The Balaban J connectivity index is 1.55. The molecule has 3 aromatic rings. The van der Waals surface area contributed by atoms with Crippen LogP contribution in [0.3, 0.4) is 0 Å². The Bertz CT molecular complexity index is 1620. The van der Waals surface area contributed by atoms with Gasteiger partial charge in [-0.3, -0.25) is 29.3 Å². The number of amides is 4. The highest BCUT2D eigenvalue weighted by Gasteiger charge is 2.36. The number of nitro groups is 1. The van der Waals surface area contributed by atoms with Crippen LogP contribution in [0.4, 0.5) is 11.4 Å². The number of non-ortho nitro benzene ring substituents is 1. The molecule has 0 radical (unpaired) electrons. The molecule has 4 amide bonds. The molecular formula is C30H33N7O6. The van der Waals surface area contributed by atoms with Gasteiger partial charge in [0.25, 0.3) is 29.3 Å². The van der Waals surface area contributed by atoms with Gasteiger partial charge in [-0.2, -0.15) is 0 Å². The van der Waals surface area contributed by atoms with Crippen molar-refractivity contribution < 1.29 is 24.1 Å². The molecule has 1 saturated heterocycles. The van der Waals surface area contributed by atoms with Crippen LogP contribution in [0.2, 0.25) is 0 Å². The molecule has 2 aliphatic rings. The SMILES string of the molecule is CCN1CCN(C(=O)c2cc(C(=O)NCCNCCN)cc(N3C(=O)c4cccc5cc([N+](=O)[O-])cc(c45)C3=O)c2)CC1. The first-order valence-electron chi connectivity index (χ1n) is 14.2. The summed E-state index contributed by atoms with van der Waals surface area (Å²) in [5.74, 6) is -2.26. The second-order valence-corrected chi connectivity index (χ2v) is 10.4. The molecule has 0 saturated carbocycles. The summed E-state index contributed by atoms with van der Waals surface area (Å²) in [4.78, 5) is 70.3. The molecule has 0 unspecified atom stereocenters. The summed E-state index contributed by atoms with van der Waals surface area (Å²) in [6.45, 7) is 7.10. The summed E-state index contributed by atoms with van der Waals surface area (Å²) < 4.78 is 0. The minimum absolute atomic E-state index is 0.0104. The van der Waals surface area contributed by atoms with Crippen molar-refractivity contribution in [3.63, 3.8) is 0 Å². The highest BCUT2D eigenvalue weighted by Crippen LogP contribution is 2.36. The van der Waals surface area contributed by atoms with Crippen molar-refractivity contribution in [2.45, 2.75) is 6.92 Å². The van der Waals surface area contributed by atoms with Gasteiger partial charge in [-0.1, -0.05) is 19.1 Å². The minimum Gasteiger partial charge on any atom is -0.351 e. The zero-order valence-electron chi connectivity index (χ0n) is 23.8. The fraction of sp³-hybridized carbons (Fsp3) is 0.333. The third-order valence-corrected chi connectivity index (χ3v) is 7.74. The summed E-state index contributed by atoms with van der Waals surface area (Å²) in [5, 5.41) is 18.2. The smallest absolute Gasteiger partial charge is 0.270 e. The number of imide groups is 1. The lowest BCUT2D eigenvalue weighted by Gasteiger charge is -2.34. The molecule has 13 nitrogen and oxygen atoms in total. The van der Waals surface area contributed by atoms with Crippen molar-refractivity contribution in [3.8, 4) is 0 Å². The molecule has 0 aromatic heterocycles. The summed E-state index contributed by atoms with van der Waals surface area (Å²) in [6, 6.07) is 11.5. The molecule has 1 fully saturated rings. The van der Waals surface area contributed by atoms with Crippen LogP contribution < -0.4 is 21.3 Å². The van der Waals surface area contributed by atoms with E-state index in [0.29, 0.717) is 56.6 Å². The average molecular weight is 588 g/mol. The molecule has 0 spiro atoms. The summed E-state index contributed by atoms with van der Waals surface area (Å²) in [5.41, 5.74) is 5.64. The van der Waals surface area contributed by atoms with Gasteiger partial charge in [0.15, 0.2) is 0 Å². The standard InChI is InChI=1S/C30H33N7O6/c1-2-34-10-12-35(13-11-34)28(39)21-14-20(27(38)33-9-8-32-7-6-31)16-22(17-21)36-29(40)24-5-3-4-19-15-23(37(42)43)18-25(26(19)24)30(36)41/h3-5,14-18,32H,2,6-13,31H2,1H3,(H,33,38). The minimum atomic E-state index is -0.782. The van der Waals surface area contributed by atoms with Gasteiger partial charge in [0.2, 0.25) is 0 Å². The Labute approximate surface area is 247 Å². The van der Waals surface area contributed by atoms with E-state index in [1.54, 1.807) is 23.1 Å². The predicted molar refractivity (Wildman–Crippen MR) is 160 cm³/mol. The van der Waals surface area contributed by atoms with Crippen LogP contribution in [0.25, 0.3) is 10.8 Å². The fourth-order valence-corrected chi connectivity index (χ4v) is 5.47. The Kier molecular flexibility index (Phi) is 8.76. The van der Waals surface area contributed by atoms with Crippen molar-refractivity contribution in [2.75, 3.05) is 63.8 Å². The van der Waals surface area contributed by atoms with Gasteiger partial charge in [-0.05, 0) is 36.2 Å². The third-order valence-electron chi connectivity index (χ3n) is 7.74. The van der Waals surface area contributed by atoms with Gasteiger partial charge in [0.1, 0.15) is 0 Å². The number of hydrogen-bond acceptors (Lipinski definition) is 9. The van der Waals surface area contributed by atoms with Crippen molar-refractivity contribution in [1.82, 2.24) is 20.4 Å². The lowest BCUT2D eigenvalue weighted by atomic mass is 9.92. The maximum Gasteiger partial charge on any atom is 0.270 e. The molecular weight excluding hydrogens is 554 g/mol. The lowest BCUT2D eigenvalue weighted by Crippen LogP contribution is -2.48. The summed E-state index contributed by atoms with van der Waals surface area (Å²) in [6.07, 6.45) is 0. The second-order valence-electron chi connectivity index (χ2n) is 10.4. The van der Waals surface area contributed by atoms with Crippen molar-refractivity contribution >= 4 is 45.8 Å². The predicted octanol–water partition coefficient (Wildman–Crippen LogP) is 1.60. The number of nitrogens with zero attached hydrogens (tertiary/aromatic N) is 4. The van der Waals surface area contributed by atoms with Crippen LogP contribution in [0.15, 0.2) is 48.5 Å². The Morgan fingerprint density at radius 3 is 2.35 bits per heavy atom. The second kappa shape index (κ2) is 12.7. The Hall–Kier alpha value is -4.72. The fourth-order valence-electron chi connectivity index (χ4n) is 5.47. The number of hydrogen-bond donors (Lipinski definition) is 3. The number of nitrogens with one attached hydrogen (secondary N) is 2. The molecule has 224 valence electrons. The van der Waals surface area contributed by atoms with Crippen molar-refractivity contribution in [2.24, 2.45) is 5.73 Å². The zero-order chi connectivity index (χ0) is 30.7. The lowest BCUT2D eigenvalue weighted by molar-refractivity contribution is -0.384. The number of likely N-dealkylation sites (N-methyl/N-ethyl adjacent to an activating group) is 1. The maximum atomic E-state index is 13.9. The van der Waals surface area contributed by atoms with E-state index in [0.717, 1.165) is 17.5 Å². The van der Waals surface area contributed by atoms with Crippen LogP contribution in [0.1, 0.15) is 48.4 Å². The van der Waals surface area contributed by atoms with Crippen LogP contribution in [-0.4, -0.2) is 97.3 Å². The van der Waals surface area contributed by atoms with Crippen LogP contribution in [0, 0.1) is 10.1 Å². The van der Waals surface area contributed by atoms with Crippen molar-refractivity contribution in [3.05, 3.63) is 80.9 Å². The van der Waals surface area contributed by atoms with E-state index < -0.39 is 22.6 Å². The molecule has 2 heterocycles. The highest BCUT2D eigenvalue weighted by molar-refractivity contribution is 6.36. The van der Waals surface area contributed by atoms with Gasteiger partial charge >= 0.3 is 0 Å². The van der Waals surface area contributed by atoms with E-state index in [1.807, 2.05) is 0 Å². The van der Waals surface area contributed by atoms with E-state index >= 15 is 0 Å². The van der Waals surface area contributed by atoms with E-state index in [2.05, 4.69) is 22.5 Å². The van der Waals surface area contributed by atoms with Crippen LogP contribution >= 0.6 is 0 Å². The van der Waals surface area contributed by atoms with Gasteiger partial charge in [0, 0.05) is 86.6 Å². The first-order valence-corrected chi connectivity index (χ1v) is 14.2. The van der Waals surface area contributed by atoms with E-state index in [4.69, 9.17) is 5.73 Å². The van der Waals surface area contributed by atoms with E-state index in [1.165, 1.54) is 24.3 Å². The molecule has 4 N–H and O–H groups in total. The van der Waals surface area contributed by atoms with Gasteiger partial charge in [-0.25, -0.2) is 4.90 Å². The number of carbonyl (C=O) groups excluding carboxylic acids is 4. The average Bonchev–Trinajstić information content (AvgIpc) is 3.02. The molecule has 3 aromatic carbocycles. The zero-order valence-corrected chi connectivity index (χ0v) is 23.8. The first kappa shape index (κ1) is 29.8. The van der Waals surface area contributed by atoms with Crippen molar-refractivity contribution in [1.29, 1.82) is 0 Å². The first-order chi connectivity index (χ1) is 20.7.